The highest BCUT2D eigenvalue weighted by molar-refractivity contribution is 5.85. The number of aryl methyl sites for hydroxylation is 1. The summed E-state index contributed by atoms with van der Waals surface area (Å²) < 4.78 is 42.0. The first-order valence-corrected chi connectivity index (χ1v) is 7.53. The third kappa shape index (κ3) is 4.90. The lowest BCUT2D eigenvalue weighted by molar-refractivity contribution is -0.123. The van der Waals surface area contributed by atoms with Gasteiger partial charge < -0.3 is 9.88 Å². The summed E-state index contributed by atoms with van der Waals surface area (Å²) in [6, 6.07) is 3.66. The second-order valence-electron chi connectivity index (χ2n) is 5.84. The van der Waals surface area contributed by atoms with Gasteiger partial charge >= 0.3 is 0 Å². The number of carbonyl (C=O) groups is 1. The van der Waals surface area contributed by atoms with Gasteiger partial charge in [-0.25, -0.2) is 18.2 Å². The third-order valence-electron chi connectivity index (χ3n) is 3.99. The Morgan fingerprint density at radius 2 is 2.15 bits per heavy atom. The maximum atomic E-state index is 14.2. The van der Waals surface area contributed by atoms with Crippen molar-refractivity contribution in [3.8, 4) is 5.69 Å². The Hall–Kier alpha value is -1.77. The number of hydrogen-bond acceptors (Lipinski definition) is 3. The van der Waals surface area contributed by atoms with Gasteiger partial charge in [0.2, 0.25) is 5.91 Å². The quantitative estimate of drug-likeness (QED) is 0.814. The molecule has 26 heavy (non-hydrogen) atoms. The van der Waals surface area contributed by atoms with E-state index in [0.29, 0.717) is 17.1 Å². The summed E-state index contributed by atoms with van der Waals surface area (Å²) in [6.45, 7) is 1.33. The lowest BCUT2D eigenvalue weighted by Gasteiger charge is -2.12. The van der Waals surface area contributed by atoms with E-state index >= 15 is 0 Å². The predicted octanol–water partition coefficient (Wildman–Crippen LogP) is 2.78. The summed E-state index contributed by atoms with van der Waals surface area (Å²) in [5, 5.41) is 5.03. The molecule has 1 aliphatic rings. The number of imidazole rings is 1. The van der Waals surface area contributed by atoms with Gasteiger partial charge in [-0.05, 0) is 24.6 Å². The molecule has 0 spiro atoms. The van der Waals surface area contributed by atoms with Gasteiger partial charge in [-0.1, -0.05) is 6.07 Å². The fourth-order valence-electron chi connectivity index (χ4n) is 2.70. The van der Waals surface area contributed by atoms with Crippen LogP contribution in [0.4, 0.5) is 13.2 Å². The van der Waals surface area contributed by atoms with Crippen LogP contribution in [0.5, 0.6) is 0 Å². The number of benzene rings is 1. The topological polar surface area (TPSA) is 59.0 Å². The van der Waals surface area contributed by atoms with Crippen LogP contribution in [-0.4, -0.2) is 34.0 Å². The van der Waals surface area contributed by atoms with Crippen molar-refractivity contribution in [1.29, 1.82) is 0 Å². The molecule has 10 heteroatoms. The molecule has 1 aromatic heterocycles. The van der Waals surface area contributed by atoms with E-state index in [1.165, 1.54) is 6.07 Å². The molecule has 0 bridgehead atoms. The number of aromatic nitrogens is 2. The minimum Gasteiger partial charge on any atom is -0.351 e. The van der Waals surface area contributed by atoms with Gasteiger partial charge in [-0.2, -0.15) is 0 Å². The highest BCUT2D eigenvalue weighted by Gasteiger charge is 2.42. The summed E-state index contributed by atoms with van der Waals surface area (Å²) in [5.41, 5.74) is 0.907. The van der Waals surface area contributed by atoms with Crippen molar-refractivity contribution < 1.29 is 18.0 Å². The van der Waals surface area contributed by atoms with Gasteiger partial charge in [0.1, 0.15) is 11.6 Å². The number of nitrogens with zero attached hydrogens (tertiary/aromatic N) is 2. The minimum atomic E-state index is -2.86. The van der Waals surface area contributed by atoms with Crippen molar-refractivity contribution in [1.82, 2.24) is 20.2 Å². The van der Waals surface area contributed by atoms with E-state index in [0.717, 1.165) is 0 Å². The molecule has 1 aromatic carbocycles. The summed E-state index contributed by atoms with van der Waals surface area (Å²) in [5.74, 6) is -3.17. The van der Waals surface area contributed by atoms with Crippen LogP contribution in [0.1, 0.15) is 17.8 Å². The van der Waals surface area contributed by atoms with E-state index in [1.807, 2.05) is 0 Å². The molecule has 2 heterocycles. The molecule has 3 rings (SSSR count). The number of amides is 1. The Kier molecular flexibility index (Phi) is 7.49. The lowest BCUT2D eigenvalue weighted by Crippen LogP contribution is -2.40. The summed E-state index contributed by atoms with van der Waals surface area (Å²) in [6.07, 6.45) is 2.71. The monoisotopic (exact) mass is 410 g/mol. The summed E-state index contributed by atoms with van der Waals surface area (Å²) >= 11 is 0. The highest BCUT2D eigenvalue weighted by atomic mass is 35.5. The molecule has 1 unspecified atom stereocenters. The van der Waals surface area contributed by atoms with Crippen LogP contribution in [0.15, 0.2) is 30.6 Å². The van der Waals surface area contributed by atoms with Crippen molar-refractivity contribution >= 4 is 30.7 Å². The number of alkyl halides is 2. The van der Waals surface area contributed by atoms with E-state index < -0.39 is 36.7 Å². The van der Waals surface area contributed by atoms with Gasteiger partial charge in [0.05, 0.1) is 18.3 Å². The van der Waals surface area contributed by atoms with Gasteiger partial charge in [-0.3, -0.25) is 10.1 Å². The van der Waals surface area contributed by atoms with Gasteiger partial charge in [-0.15, -0.1) is 24.8 Å². The van der Waals surface area contributed by atoms with Crippen LogP contribution in [0.25, 0.3) is 5.69 Å². The van der Waals surface area contributed by atoms with E-state index in [-0.39, 0.29) is 31.4 Å². The van der Waals surface area contributed by atoms with Gasteiger partial charge in [0.15, 0.2) is 0 Å². The van der Waals surface area contributed by atoms with E-state index in [4.69, 9.17) is 0 Å². The maximum Gasteiger partial charge on any atom is 0.262 e. The molecule has 1 saturated heterocycles. The van der Waals surface area contributed by atoms with Crippen LogP contribution in [0, 0.1) is 12.7 Å². The van der Waals surface area contributed by atoms with Crippen LogP contribution >= 0.6 is 24.8 Å². The van der Waals surface area contributed by atoms with Crippen molar-refractivity contribution in [2.24, 2.45) is 0 Å². The molecule has 1 amide bonds. The molecule has 0 radical (unpaired) electrons. The molecule has 5 nitrogen and oxygen atoms in total. The Labute approximate surface area is 161 Å². The Balaban J connectivity index is 0.00000169. The van der Waals surface area contributed by atoms with Crippen molar-refractivity contribution in [3.63, 3.8) is 0 Å². The fraction of sp³-hybridized carbons (Fsp3) is 0.375. The van der Waals surface area contributed by atoms with Crippen LogP contribution < -0.4 is 10.6 Å². The molecule has 0 saturated carbocycles. The average Bonchev–Trinajstić information content (AvgIpc) is 3.10. The molecule has 2 N–H and O–H groups in total. The Morgan fingerprint density at radius 1 is 1.42 bits per heavy atom. The molecule has 2 aromatic rings. The lowest BCUT2D eigenvalue weighted by atomic mass is 10.1. The van der Waals surface area contributed by atoms with Crippen molar-refractivity contribution in [3.05, 3.63) is 47.8 Å². The molecule has 144 valence electrons. The summed E-state index contributed by atoms with van der Waals surface area (Å²) in [4.78, 5) is 15.9. The number of nitrogens with one attached hydrogen (secondary N) is 2. The van der Waals surface area contributed by atoms with Crippen molar-refractivity contribution in [2.75, 3.05) is 6.54 Å². The number of hydrogen-bond donors (Lipinski definition) is 2. The van der Waals surface area contributed by atoms with Crippen LogP contribution in [-0.2, 0) is 11.3 Å². The zero-order chi connectivity index (χ0) is 17.3. The Bertz CT molecular complexity index is 770. The first-order valence-electron chi connectivity index (χ1n) is 7.53. The van der Waals surface area contributed by atoms with Gasteiger partial charge in [0, 0.05) is 25.4 Å². The largest absolute Gasteiger partial charge is 0.351 e. The normalized spacial score (nSPS) is 17.9. The number of rotatable bonds is 4. The summed E-state index contributed by atoms with van der Waals surface area (Å²) in [7, 11) is 0. The number of carbonyl (C=O) groups excluding carboxylic acids is 1. The van der Waals surface area contributed by atoms with Crippen LogP contribution in [0.3, 0.4) is 0 Å². The van der Waals surface area contributed by atoms with E-state index in [1.54, 1.807) is 36.0 Å². The van der Waals surface area contributed by atoms with Crippen LogP contribution in [0.2, 0.25) is 0 Å². The molecule has 1 aliphatic heterocycles. The molecule has 1 atom stereocenters. The molecular formula is C16H19Cl2F3N4O. The molecular weight excluding hydrogens is 392 g/mol. The van der Waals surface area contributed by atoms with E-state index in [2.05, 4.69) is 15.6 Å². The van der Waals surface area contributed by atoms with Crippen molar-refractivity contribution in [2.45, 2.75) is 31.9 Å². The first kappa shape index (κ1) is 22.3. The second kappa shape index (κ2) is 8.75. The smallest absolute Gasteiger partial charge is 0.262 e. The van der Waals surface area contributed by atoms with Gasteiger partial charge in [0.25, 0.3) is 5.92 Å². The SMILES string of the molecule is Cc1nccn1-c1ccc(CNC(=O)C2CC(F)(F)CN2)cc1F.Cl.Cl. The zero-order valence-electron chi connectivity index (χ0n) is 13.8. The standard InChI is InChI=1S/C16H17F3N4O.2ClH/c1-10-20-4-5-23(10)14-3-2-11(6-12(14)17)8-21-15(24)13-7-16(18,19)9-22-13;;/h2-6,13,22H,7-9H2,1H3,(H,21,24);2*1H. The Morgan fingerprint density at radius 3 is 2.69 bits per heavy atom. The predicted molar refractivity (Wildman–Crippen MR) is 96.0 cm³/mol. The molecule has 0 aliphatic carbocycles. The van der Waals surface area contributed by atoms with E-state index in [9.17, 15) is 18.0 Å². The zero-order valence-corrected chi connectivity index (χ0v) is 15.5. The first-order chi connectivity index (χ1) is 11.4. The minimum absolute atomic E-state index is 0. The molecule has 1 fully saturated rings. The maximum absolute atomic E-state index is 14.2. The number of halogens is 5. The third-order valence-corrected chi connectivity index (χ3v) is 3.99. The fourth-order valence-corrected chi connectivity index (χ4v) is 2.70. The highest BCUT2D eigenvalue weighted by Crippen LogP contribution is 2.25. The average molecular weight is 411 g/mol. The second-order valence-corrected chi connectivity index (χ2v) is 5.84.